The fraction of sp³-hybridized carbons (Fsp3) is 0.882. The van der Waals surface area contributed by atoms with E-state index in [0.717, 1.165) is 11.8 Å². The lowest BCUT2D eigenvalue weighted by atomic mass is 9.51. The Bertz CT molecular complexity index is 401. The summed E-state index contributed by atoms with van der Waals surface area (Å²) in [5, 5.41) is 8.82. The van der Waals surface area contributed by atoms with Crippen LogP contribution in [0.5, 0.6) is 0 Å². The molecule has 4 aliphatic carbocycles. The van der Waals surface area contributed by atoms with Crippen LogP contribution in [0.25, 0.3) is 0 Å². The monoisotopic (exact) mass is 290 g/mol. The van der Waals surface area contributed by atoms with Gasteiger partial charge >= 0.3 is 0 Å². The first-order valence-corrected chi connectivity index (χ1v) is 8.37. The van der Waals surface area contributed by atoms with Gasteiger partial charge in [-0.25, -0.2) is 0 Å². The number of nitriles is 1. The number of methoxy groups -OCH3 is 1. The second-order valence-electron chi connectivity index (χ2n) is 7.18. The van der Waals surface area contributed by atoms with E-state index >= 15 is 0 Å². The van der Waals surface area contributed by atoms with Crippen LogP contribution in [0, 0.1) is 40.9 Å². The van der Waals surface area contributed by atoms with Crippen molar-refractivity contribution in [3.8, 4) is 6.07 Å². The van der Waals surface area contributed by atoms with Crippen LogP contribution in [-0.2, 0) is 9.53 Å². The lowest BCUT2D eigenvalue weighted by molar-refractivity contribution is -0.149. The maximum atomic E-state index is 13.0. The summed E-state index contributed by atoms with van der Waals surface area (Å²) in [5.74, 6) is 3.54. The molecular formula is C17H26N2O2. The smallest absolute Gasteiger partial charge is 0.226 e. The molecule has 0 aromatic carbocycles. The Labute approximate surface area is 127 Å². The quantitative estimate of drug-likeness (QED) is 0.755. The van der Waals surface area contributed by atoms with Crippen molar-refractivity contribution < 1.29 is 9.53 Å². The maximum Gasteiger partial charge on any atom is 0.226 e. The van der Waals surface area contributed by atoms with Gasteiger partial charge in [-0.2, -0.15) is 5.26 Å². The lowest BCUT2D eigenvalue weighted by Crippen LogP contribution is -2.52. The van der Waals surface area contributed by atoms with Crippen molar-refractivity contribution in [1.82, 2.24) is 4.90 Å². The summed E-state index contributed by atoms with van der Waals surface area (Å²) in [6, 6.07) is 2.16. The minimum absolute atomic E-state index is 0.230. The van der Waals surface area contributed by atoms with Gasteiger partial charge in [-0.3, -0.25) is 4.79 Å². The van der Waals surface area contributed by atoms with Gasteiger partial charge in [0.05, 0.1) is 19.1 Å². The predicted molar refractivity (Wildman–Crippen MR) is 79.2 cm³/mol. The van der Waals surface area contributed by atoms with E-state index in [4.69, 9.17) is 10.00 Å². The van der Waals surface area contributed by atoms with Gasteiger partial charge in [-0.15, -0.1) is 0 Å². The minimum atomic E-state index is 0.230. The maximum absolute atomic E-state index is 13.0. The van der Waals surface area contributed by atoms with Crippen LogP contribution in [0.2, 0.25) is 0 Å². The van der Waals surface area contributed by atoms with Crippen LogP contribution < -0.4 is 0 Å². The molecule has 0 atom stereocenters. The fourth-order valence-electron chi connectivity index (χ4n) is 5.26. The lowest BCUT2D eigenvalue weighted by Gasteiger charge is -2.54. The van der Waals surface area contributed by atoms with Gasteiger partial charge in [0.25, 0.3) is 0 Å². The molecule has 0 aromatic heterocycles. The summed E-state index contributed by atoms with van der Waals surface area (Å²) in [5.41, 5.74) is 0. The van der Waals surface area contributed by atoms with E-state index in [9.17, 15) is 4.79 Å². The molecule has 0 aromatic rings. The van der Waals surface area contributed by atoms with Gasteiger partial charge in [0.15, 0.2) is 0 Å². The predicted octanol–water partition coefficient (Wildman–Crippen LogP) is 2.45. The highest BCUT2D eigenvalue weighted by Crippen LogP contribution is 2.56. The molecule has 0 spiro atoms. The fourth-order valence-corrected chi connectivity index (χ4v) is 5.26. The van der Waals surface area contributed by atoms with E-state index in [-0.39, 0.29) is 5.92 Å². The van der Waals surface area contributed by atoms with E-state index in [1.54, 1.807) is 7.11 Å². The van der Waals surface area contributed by atoms with Crippen molar-refractivity contribution in [2.24, 2.45) is 29.6 Å². The van der Waals surface area contributed by atoms with E-state index in [2.05, 4.69) is 6.07 Å². The van der Waals surface area contributed by atoms with E-state index in [1.165, 1.54) is 32.1 Å². The zero-order valence-corrected chi connectivity index (χ0v) is 13.0. The Morgan fingerprint density at radius 3 is 2.29 bits per heavy atom. The van der Waals surface area contributed by atoms with Crippen LogP contribution in [0.1, 0.15) is 38.5 Å². The van der Waals surface area contributed by atoms with Gasteiger partial charge in [-0.1, -0.05) is 0 Å². The average Bonchev–Trinajstić information content (AvgIpc) is 2.46. The molecule has 21 heavy (non-hydrogen) atoms. The van der Waals surface area contributed by atoms with Gasteiger partial charge in [0.2, 0.25) is 5.91 Å². The second-order valence-corrected chi connectivity index (χ2v) is 7.18. The van der Waals surface area contributed by atoms with E-state index < -0.39 is 0 Å². The van der Waals surface area contributed by atoms with Crippen LogP contribution in [-0.4, -0.2) is 37.6 Å². The molecule has 0 aliphatic heterocycles. The van der Waals surface area contributed by atoms with Crippen molar-refractivity contribution in [1.29, 1.82) is 5.26 Å². The molecule has 4 bridgehead atoms. The van der Waals surface area contributed by atoms with Gasteiger partial charge in [0, 0.05) is 26.1 Å². The number of hydrogen-bond acceptors (Lipinski definition) is 3. The van der Waals surface area contributed by atoms with Crippen LogP contribution in [0.15, 0.2) is 0 Å². The zero-order chi connectivity index (χ0) is 14.8. The normalized spacial score (nSPS) is 36.5. The standard InChI is InChI=1S/C17H26N2O2/c1-21-6-5-19(4-2-3-18)17(20)16-14-8-12-7-13(10-14)11-15(16)9-12/h12-16H,2,4-11H2,1H3. The molecule has 4 nitrogen and oxygen atoms in total. The highest BCUT2D eigenvalue weighted by molar-refractivity contribution is 5.80. The van der Waals surface area contributed by atoms with Gasteiger partial charge in [-0.05, 0) is 55.8 Å². The Morgan fingerprint density at radius 2 is 1.76 bits per heavy atom. The molecular weight excluding hydrogens is 264 g/mol. The number of carbonyl (C=O) groups excluding carboxylic acids is 1. The highest BCUT2D eigenvalue weighted by atomic mass is 16.5. The molecule has 0 N–H and O–H groups in total. The number of carbonyl (C=O) groups is 1. The van der Waals surface area contributed by atoms with E-state index in [1.807, 2.05) is 4.90 Å². The molecule has 0 unspecified atom stereocenters. The Balaban J connectivity index is 1.68. The molecule has 0 radical (unpaired) electrons. The number of rotatable bonds is 6. The largest absolute Gasteiger partial charge is 0.383 e. The summed E-state index contributed by atoms with van der Waals surface area (Å²) < 4.78 is 5.13. The average molecular weight is 290 g/mol. The third kappa shape index (κ3) is 2.94. The molecule has 0 heterocycles. The van der Waals surface area contributed by atoms with Crippen molar-refractivity contribution in [3.63, 3.8) is 0 Å². The number of amides is 1. The molecule has 4 aliphatic rings. The second kappa shape index (κ2) is 6.36. The van der Waals surface area contributed by atoms with Gasteiger partial charge < -0.3 is 9.64 Å². The Hall–Kier alpha value is -1.08. The molecule has 4 heteroatoms. The van der Waals surface area contributed by atoms with Crippen LogP contribution in [0.3, 0.4) is 0 Å². The van der Waals surface area contributed by atoms with Crippen molar-refractivity contribution in [2.75, 3.05) is 26.8 Å². The Morgan fingerprint density at radius 1 is 1.14 bits per heavy atom. The number of ether oxygens (including phenoxy) is 1. The number of hydrogen-bond donors (Lipinski definition) is 0. The molecule has 4 saturated carbocycles. The van der Waals surface area contributed by atoms with Crippen molar-refractivity contribution in [2.45, 2.75) is 38.5 Å². The summed E-state index contributed by atoms with van der Waals surface area (Å²) in [6.45, 7) is 1.74. The van der Waals surface area contributed by atoms with Crippen LogP contribution >= 0.6 is 0 Å². The van der Waals surface area contributed by atoms with Crippen LogP contribution in [0.4, 0.5) is 0 Å². The molecule has 116 valence electrons. The Kier molecular flexibility index (Phi) is 4.49. The van der Waals surface area contributed by atoms with Crippen molar-refractivity contribution >= 4 is 5.91 Å². The van der Waals surface area contributed by atoms with Gasteiger partial charge in [0.1, 0.15) is 0 Å². The van der Waals surface area contributed by atoms with E-state index in [0.29, 0.717) is 43.9 Å². The number of nitrogens with zero attached hydrogens (tertiary/aromatic N) is 2. The zero-order valence-electron chi connectivity index (χ0n) is 13.0. The molecule has 4 fully saturated rings. The first kappa shape index (κ1) is 14.8. The third-order valence-electron chi connectivity index (χ3n) is 5.88. The molecule has 0 saturated heterocycles. The summed E-state index contributed by atoms with van der Waals surface area (Å²) in [7, 11) is 1.66. The minimum Gasteiger partial charge on any atom is -0.383 e. The molecule has 4 rings (SSSR count). The van der Waals surface area contributed by atoms with Crippen molar-refractivity contribution in [3.05, 3.63) is 0 Å². The first-order chi connectivity index (χ1) is 10.2. The highest BCUT2D eigenvalue weighted by Gasteiger charge is 2.51. The molecule has 1 amide bonds. The summed E-state index contributed by atoms with van der Waals surface area (Å²) in [4.78, 5) is 14.9. The topological polar surface area (TPSA) is 53.3 Å². The summed E-state index contributed by atoms with van der Waals surface area (Å²) >= 11 is 0. The summed E-state index contributed by atoms with van der Waals surface area (Å²) in [6.07, 6.45) is 6.89. The SMILES string of the molecule is COCCN(CCC#N)C(=O)C1C2CC3CC(C2)CC1C3. The third-order valence-corrected chi connectivity index (χ3v) is 5.88. The first-order valence-electron chi connectivity index (χ1n) is 8.37.